The lowest BCUT2D eigenvalue weighted by Gasteiger charge is -2.13. The molecule has 110 valence electrons. The number of aromatic nitrogens is 2. The number of hydrogen-bond acceptors (Lipinski definition) is 3. The molecule has 1 aliphatic heterocycles. The molecule has 1 amide bonds. The van der Waals surface area contributed by atoms with E-state index in [0.29, 0.717) is 18.6 Å². The van der Waals surface area contributed by atoms with E-state index < -0.39 is 0 Å². The van der Waals surface area contributed by atoms with Crippen LogP contribution in [-0.2, 0) is 12.8 Å². The third-order valence-electron chi connectivity index (χ3n) is 3.60. The number of aromatic amines is 1. The fourth-order valence-electron chi connectivity index (χ4n) is 2.58. The van der Waals surface area contributed by atoms with Crippen LogP contribution in [0.2, 0.25) is 0 Å². The van der Waals surface area contributed by atoms with Crippen molar-refractivity contribution in [3.63, 3.8) is 0 Å². The Morgan fingerprint density at radius 1 is 1.48 bits per heavy atom. The van der Waals surface area contributed by atoms with Crippen LogP contribution in [0.3, 0.4) is 0 Å². The molecule has 2 heterocycles. The summed E-state index contributed by atoms with van der Waals surface area (Å²) in [5.41, 5.74) is 3.78. The van der Waals surface area contributed by atoms with E-state index in [0.717, 1.165) is 29.1 Å². The van der Waals surface area contributed by atoms with Crippen molar-refractivity contribution >= 4 is 5.91 Å². The molecule has 2 N–H and O–H groups in total. The molecule has 0 spiro atoms. The first kappa shape index (κ1) is 13.7. The van der Waals surface area contributed by atoms with Crippen LogP contribution in [0.25, 0.3) is 0 Å². The summed E-state index contributed by atoms with van der Waals surface area (Å²) in [6, 6.07) is 7.63. The van der Waals surface area contributed by atoms with Gasteiger partial charge in [-0.25, -0.2) is 0 Å². The van der Waals surface area contributed by atoms with Crippen molar-refractivity contribution in [3.8, 4) is 5.75 Å². The molecule has 0 bridgehead atoms. The molecule has 2 aromatic rings. The van der Waals surface area contributed by atoms with Gasteiger partial charge in [-0.15, -0.1) is 0 Å². The van der Waals surface area contributed by atoms with Crippen LogP contribution in [0, 0.1) is 6.92 Å². The Kier molecular flexibility index (Phi) is 3.64. The van der Waals surface area contributed by atoms with Gasteiger partial charge in [-0.05, 0) is 43.7 Å². The number of nitrogens with zero attached hydrogens (tertiary/aromatic N) is 1. The van der Waals surface area contributed by atoms with Crippen molar-refractivity contribution in [1.29, 1.82) is 0 Å². The van der Waals surface area contributed by atoms with Crippen molar-refractivity contribution < 1.29 is 9.53 Å². The Labute approximate surface area is 123 Å². The van der Waals surface area contributed by atoms with Crippen molar-refractivity contribution in [1.82, 2.24) is 15.5 Å². The molecule has 21 heavy (non-hydrogen) atoms. The molecular formula is C16H19N3O2. The van der Waals surface area contributed by atoms with Gasteiger partial charge in [0.2, 0.25) is 0 Å². The van der Waals surface area contributed by atoms with E-state index in [1.807, 2.05) is 38.1 Å². The molecule has 0 fully saturated rings. The largest absolute Gasteiger partial charge is 0.493 e. The lowest BCUT2D eigenvalue weighted by molar-refractivity contribution is 0.0940. The topological polar surface area (TPSA) is 67.0 Å². The Balaban J connectivity index is 1.63. The maximum atomic E-state index is 12.3. The minimum absolute atomic E-state index is 0.0321. The van der Waals surface area contributed by atoms with Gasteiger partial charge in [-0.2, -0.15) is 5.10 Å². The molecule has 1 aromatic carbocycles. The van der Waals surface area contributed by atoms with Crippen molar-refractivity contribution in [2.45, 2.75) is 32.7 Å². The molecule has 0 unspecified atom stereocenters. The van der Waals surface area contributed by atoms with Gasteiger partial charge >= 0.3 is 0 Å². The third-order valence-corrected chi connectivity index (χ3v) is 3.60. The molecule has 1 aromatic heterocycles. The second-order valence-electron chi connectivity index (χ2n) is 5.54. The second kappa shape index (κ2) is 5.60. The van der Waals surface area contributed by atoms with E-state index in [1.165, 1.54) is 0 Å². The summed E-state index contributed by atoms with van der Waals surface area (Å²) in [5.74, 6) is 0.844. The van der Waals surface area contributed by atoms with Crippen molar-refractivity contribution in [2.75, 3.05) is 6.61 Å². The van der Waals surface area contributed by atoms with Gasteiger partial charge in [0.1, 0.15) is 5.75 Å². The maximum Gasteiger partial charge on any atom is 0.251 e. The summed E-state index contributed by atoms with van der Waals surface area (Å²) in [6.07, 6.45) is 1.59. The number of fused-ring (bicyclic) bond motifs is 1. The summed E-state index contributed by atoms with van der Waals surface area (Å²) in [6.45, 7) is 4.65. The van der Waals surface area contributed by atoms with E-state index >= 15 is 0 Å². The van der Waals surface area contributed by atoms with E-state index in [9.17, 15) is 4.79 Å². The number of benzene rings is 1. The summed E-state index contributed by atoms with van der Waals surface area (Å²) in [5, 5.41) is 10.1. The molecule has 0 aliphatic carbocycles. The number of hydrogen-bond donors (Lipinski definition) is 2. The average Bonchev–Trinajstić information content (AvgIpc) is 3.06. The number of ether oxygens (including phenoxy) is 1. The zero-order chi connectivity index (χ0) is 14.8. The first-order chi connectivity index (χ1) is 10.1. The fourth-order valence-corrected chi connectivity index (χ4v) is 2.58. The SMILES string of the molecule is Cc1cc(C[C@@H](C)NC(=O)c2ccc3c(c2)CCO3)n[nH]1. The Bertz CT molecular complexity index is 663. The lowest BCUT2D eigenvalue weighted by Crippen LogP contribution is -2.34. The van der Waals surface area contributed by atoms with Crippen LogP contribution < -0.4 is 10.1 Å². The number of rotatable bonds is 4. The predicted molar refractivity (Wildman–Crippen MR) is 79.6 cm³/mol. The van der Waals surface area contributed by atoms with Crippen LogP contribution >= 0.6 is 0 Å². The molecular weight excluding hydrogens is 266 g/mol. The Hall–Kier alpha value is -2.30. The monoisotopic (exact) mass is 285 g/mol. The molecule has 0 radical (unpaired) electrons. The van der Waals surface area contributed by atoms with Gasteiger partial charge in [0.25, 0.3) is 5.91 Å². The number of nitrogens with one attached hydrogen (secondary N) is 2. The van der Waals surface area contributed by atoms with Gasteiger partial charge in [0.15, 0.2) is 0 Å². The van der Waals surface area contributed by atoms with Gasteiger partial charge in [0, 0.05) is 30.1 Å². The van der Waals surface area contributed by atoms with E-state index in [-0.39, 0.29) is 11.9 Å². The van der Waals surface area contributed by atoms with Gasteiger partial charge in [-0.3, -0.25) is 9.89 Å². The van der Waals surface area contributed by atoms with E-state index in [1.54, 1.807) is 0 Å². The normalized spacial score (nSPS) is 14.4. The molecule has 5 nitrogen and oxygen atoms in total. The van der Waals surface area contributed by atoms with Crippen LogP contribution in [-0.4, -0.2) is 28.8 Å². The maximum absolute atomic E-state index is 12.3. The van der Waals surface area contributed by atoms with Crippen molar-refractivity contribution in [3.05, 3.63) is 46.8 Å². The van der Waals surface area contributed by atoms with Crippen LogP contribution in [0.4, 0.5) is 0 Å². The third kappa shape index (κ3) is 3.07. The first-order valence-electron chi connectivity index (χ1n) is 7.19. The number of carbonyl (C=O) groups excluding carboxylic acids is 1. The highest BCUT2D eigenvalue weighted by molar-refractivity contribution is 5.94. The standard InChI is InChI=1S/C16H19N3O2/c1-10(7-14-8-11(2)18-19-14)17-16(20)13-3-4-15-12(9-13)5-6-21-15/h3-4,8-10H,5-7H2,1-2H3,(H,17,20)(H,18,19)/t10-/m1/s1. The van der Waals surface area contributed by atoms with Gasteiger partial charge < -0.3 is 10.1 Å². The summed E-state index contributed by atoms with van der Waals surface area (Å²) >= 11 is 0. The molecule has 1 aliphatic rings. The van der Waals surface area contributed by atoms with Crippen molar-refractivity contribution in [2.24, 2.45) is 0 Å². The zero-order valence-corrected chi connectivity index (χ0v) is 12.3. The Morgan fingerprint density at radius 3 is 3.10 bits per heavy atom. The predicted octanol–water partition coefficient (Wildman–Crippen LogP) is 2.01. The van der Waals surface area contributed by atoms with Crippen LogP contribution in [0.1, 0.15) is 34.2 Å². The molecule has 0 saturated carbocycles. The second-order valence-corrected chi connectivity index (χ2v) is 5.54. The van der Waals surface area contributed by atoms with E-state index in [2.05, 4.69) is 15.5 Å². The molecule has 0 saturated heterocycles. The van der Waals surface area contributed by atoms with Gasteiger partial charge in [-0.1, -0.05) is 0 Å². The average molecular weight is 285 g/mol. The van der Waals surface area contributed by atoms with Crippen LogP contribution in [0.5, 0.6) is 5.75 Å². The fraction of sp³-hybridized carbons (Fsp3) is 0.375. The number of aryl methyl sites for hydroxylation is 1. The van der Waals surface area contributed by atoms with Gasteiger partial charge in [0.05, 0.1) is 12.3 Å². The highest BCUT2D eigenvalue weighted by Gasteiger charge is 2.16. The molecule has 3 rings (SSSR count). The lowest BCUT2D eigenvalue weighted by atomic mass is 10.1. The Morgan fingerprint density at radius 2 is 2.33 bits per heavy atom. The number of amides is 1. The highest BCUT2D eigenvalue weighted by atomic mass is 16.5. The smallest absolute Gasteiger partial charge is 0.251 e. The van der Waals surface area contributed by atoms with E-state index in [4.69, 9.17) is 4.74 Å². The minimum Gasteiger partial charge on any atom is -0.493 e. The summed E-state index contributed by atoms with van der Waals surface area (Å²) in [7, 11) is 0. The summed E-state index contributed by atoms with van der Waals surface area (Å²) in [4.78, 5) is 12.3. The quantitative estimate of drug-likeness (QED) is 0.903. The minimum atomic E-state index is -0.0514. The molecule has 1 atom stereocenters. The molecule has 5 heteroatoms. The highest BCUT2D eigenvalue weighted by Crippen LogP contribution is 2.25. The number of H-pyrrole nitrogens is 1. The van der Waals surface area contributed by atoms with Crippen LogP contribution in [0.15, 0.2) is 24.3 Å². The zero-order valence-electron chi connectivity index (χ0n) is 12.3. The number of carbonyl (C=O) groups is 1. The summed E-state index contributed by atoms with van der Waals surface area (Å²) < 4.78 is 5.45. The first-order valence-corrected chi connectivity index (χ1v) is 7.19.